The molecule has 0 atom stereocenters. The molecule has 0 amide bonds. The van der Waals surface area contributed by atoms with Crippen LogP contribution in [0.2, 0.25) is 0 Å². The van der Waals surface area contributed by atoms with Crippen LogP contribution in [0, 0.1) is 0 Å². The zero-order valence-corrected chi connectivity index (χ0v) is 22.5. The van der Waals surface area contributed by atoms with Gasteiger partial charge in [0.15, 0.2) is 0 Å². The molecule has 0 aliphatic rings. The van der Waals surface area contributed by atoms with Gasteiger partial charge in [-0.2, -0.15) is 0 Å². The minimum Gasteiger partial charge on any atom is -0.313 e. The highest BCUT2D eigenvalue weighted by atomic mass is 15.0. The fourth-order valence-electron chi connectivity index (χ4n) is 4.91. The lowest BCUT2D eigenvalue weighted by Crippen LogP contribution is -2.18. The third-order valence-electron chi connectivity index (χ3n) is 6.66. The van der Waals surface area contributed by atoms with Crippen molar-refractivity contribution in [2.24, 2.45) is 0 Å². The van der Waals surface area contributed by atoms with E-state index in [1.165, 1.54) is 0 Å². The van der Waals surface area contributed by atoms with Gasteiger partial charge >= 0.3 is 0 Å². The van der Waals surface area contributed by atoms with Crippen molar-refractivity contribution in [3.05, 3.63) is 120 Å². The summed E-state index contributed by atoms with van der Waals surface area (Å²) in [7, 11) is 0. The number of nitrogens with zero attached hydrogens (tertiary/aromatic N) is 2. The first kappa shape index (κ1) is 15.4. The maximum Gasteiger partial charge on any atom is 0.0649 e. The summed E-state index contributed by atoms with van der Waals surface area (Å²) in [5.41, 5.74) is 2.52. The molecular formula is C36H36N2. The Morgan fingerprint density at radius 3 is 1.45 bits per heavy atom. The Balaban J connectivity index is 1.88. The lowest BCUT2D eigenvalue weighted by molar-refractivity contribution is 0.558. The first-order valence-electron chi connectivity index (χ1n) is 17.7. The van der Waals surface area contributed by atoms with Gasteiger partial charge < -0.3 is 9.13 Å². The molecule has 2 heterocycles. The van der Waals surface area contributed by atoms with Crippen molar-refractivity contribution in [2.75, 3.05) is 0 Å². The van der Waals surface area contributed by atoms with Crippen LogP contribution >= 0.6 is 0 Å². The molecule has 0 bridgehead atoms. The van der Waals surface area contributed by atoms with Gasteiger partial charge in [-0.3, -0.25) is 0 Å². The number of hydrogen-bond donors (Lipinski definition) is 0. The van der Waals surface area contributed by atoms with E-state index >= 15 is 0 Å². The second-order valence-electron chi connectivity index (χ2n) is 11.7. The quantitative estimate of drug-likeness (QED) is 0.226. The Bertz CT molecular complexity index is 2160. The van der Waals surface area contributed by atoms with E-state index in [-0.39, 0.29) is 58.1 Å². The molecule has 0 saturated heterocycles. The molecule has 2 heteroatoms. The summed E-state index contributed by atoms with van der Waals surface area (Å²) < 4.78 is 91.2. The Morgan fingerprint density at radius 1 is 0.553 bits per heavy atom. The molecular weight excluding hydrogens is 460 g/mol. The normalized spacial score (nSPS) is 16.2. The molecule has 0 aliphatic carbocycles. The van der Waals surface area contributed by atoms with Gasteiger partial charge in [-0.15, -0.1) is 0 Å². The molecule has 190 valence electrons. The van der Waals surface area contributed by atoms with Crippen LogP contribution in [0.25, 0.3) is 44.3 Å². The Hall–Kier alpha value is -4.04. The minimum atomic E-state index is -0.674. The fourth-order valence-corrected chi connectivity index (χ4v) is 4.91. The van der Waals surface area contributed by atoms with Crippen molar-refractivity contribution in [3.63, 3.8) is 0 Å². The molecule has 0 saturated carbocycles. The number of rotatable bonds is 3. The summed E-state index contributed by atoms with van der Waals surface area (Å²) in [4.78, 5) is 0. The highest BCUT2D eigenvalue weighted by molar-refractivity contribution is 5.86. The van der Waals surface area contributed by atoms with E-state index in [4.69, 9.17) is 11.0 Å². The third-order valence-corrected chi connectivity index (χ3v) is 6.66. The van der Waals surface area contributed by atoms with Crippen LogP contribution in [0.5, 0.6) is 0 Å². The average molecular weight is 507 g/mol. The summed E-state index contributed by atoms with van der Waals surface area (Å²) in [6.45, 7) is 11.5. The SMILES string of the molecule is [2H]c1c([2H])c([2H])c2c(c1[2H])c([2H])c(C(C)(C)C)n2-c1cc(-c2ccccc2)cc(-n2c(C(C)(C)C)c([2H])c3c([2H])c([2H])c([2H])c([2H])c32)c1. The zero-order valence-electron chi connectivity index (χ0n) is 32.5. The molecule has 0 spiro atoms. The fraction of sp³-hybridized carbons (Fsp3) is 0.222. The van der Waals surface area contributed by atoms with E-state index in [0.717, 1.165) is 11.1 Å². The van der Waals surface area contributed by atoms with Crippen molar-refractivity contribution >= 4 is 21.8 Å². The van der Waals surface area contributed by atoms with Crippen molar-refractivity contribution in [1.29, 1.82) is 0 Å². The number of para-hydroxylation sites is 2. The summed E-state index contributed by atoms with van der Waals surface area (Å²) in [5, 5.41) is 0.226. The third kappa shape index (κ3) is 4.15. The monoisotopic (exact) mass is 506 g/mol. The molecule has 2 aromatic heterocycles. The Labute approximate surface area is 240 Å². The topological polar surface area (TPSA) is 9.86 Å². The van der Waals surface area contributed by atoms with E-state index in [9.17, 15) is 2.74 Å². The van der Waals surface area contributed by atoms with Crippen LogP contribution in [0.15, 0.2) is 109 Å². The molecule has 0 aliphatic heterocycles. The number of benzene rings is 4. The molecule has 6 aromatic rings. The lowest BCUT2D eigenvalue weighted by atomic mass is 9.91. The van der Waals surface area contributed by atoms with Crippen LogP contribution < -0.4 is 0 Å². The second kappa shape index (κ2) is 8.77. The van der Waals surface area contributed by atoms with Crippen LogP contribution in [-0.2, 0) is 10.8 Å². The van der Waals surface area contributed by atoms with Gasteiger partial charge in [-0.05, 0) is 53.5 Å². The predicted molar refractivity (Wildman–Crippen MR) is 163 cm³/mol. The molecule has 0 unspecified atom stereocenters. The molecule has 0 fully saturated rings. The van der Waals surface area contributed by atoms with E-state index in [1.807, 2.05) is 84.0 Å². The van der Waals surface area contributed by atoms with Crippen molar-refractivity contribution in [2.45, 2.75) is 52.4 Å². The molecule has 2 nitrogen and oxygen atoms in total. The standard InChI is InChI=1S/C36H36N2/c1-35(2,3)33-22-26-16-10-12-18-31(26)37(33)29-20-28(25-14-8-7-9-15-25)21-30(24-29)38-32-19-13-11-17-27(32)23-34(38)36(4,5)6/h7-24H,1-6H3/i10D,11D,12D,13D,16D,17D,18D,19D,22D,23D. The molecule has 6 rings (SSSR count). The predicted octanol–water partition coefficient (Wildman–Crippen LogP) is 9.84. The van der Waals surface area contributed by atoms with E-state index in [0.29, 0.717) is 22.8 Å². The second-order valence-corrected chi connectivity index (χ2v) is 11.7. The van der Waals surface area contributed by atoms with Crippen LogP contribution in [0.1, 0.15) is 66.6 Å². The van der Waals surface area contributed by atoms with Crippen LogP contribution in [-0.4, -0.2) is 9.13 Å². The summed E-state index contributed by atoms with van der Waals surface area (Å²) in [6, 6.07) is 12.4. The van der Waals surface area contributed by atoms with Gasteiger partial charge in [0, 0.05) is 44.4 Å². The maximum atomic E-state index is 9.25. The maximum absolute atomic E-state index is 9.25. The van der Waals surface area contributed by atoms with E-state index in [2.05, 4.69) is 0 Å². The highest BCUT2D eigenvalue weighted by Crippen LogP contribution is 2.38. The van der Waals surface area contributed by atoms with Crippen molar-refractivity contribution < 1.29 is 13.7 Å². The van der Waals surface area contributed by atoms with Gasteiger partial charge in [0.2, 0.25) is 0 Å². The van der Waals surface area contributed by atoms with Crippen molar-refractivity contribution in [1.82, 2.24) is 9.13 Å². The number of hydrogen-bond acceptors (Lipinski definition) is 0. The molecule has 0 radical (unpaired) electrons. The zero-order chi connectivity index (χ0) is 35.4. The first-order chi connectivity index (χ1) is 22.3. The smallest absolute Gasteiger partial charge is 0.0649 e. The summed E-state index contributed by atoms with van der Waals surface area (Å²) in [6.07, 6.45) is 0. The Morgan fingerprint density at radius 2 is 1.00 bits per heavy atom. The van der Waals surface area contributed by atoms with Crippen molar-refractivity contribution in [3.8, 4) is 22.5 Å². The van der Waals surface area contributed by atoms with Gasteiger partial charge in [0.05, 0.1) is 24.7 Å². The average Bonchev–Trinajstić information content (AvgIpc) is 3.53. The summed E-state index contributed by atoms with van der Waals surface area (Å²) in [5.74, 6) is 0. The summed E-state index contributed by atoms with van der Waals surface area (Å²) >= 11 is 0. The Kier molecular flexibility index (Phi) is 3.55. The molecule has 38 heavy (non-hydrogen) atoms. The van der Waals surface area contributed by atoms with Crippen LogP contribution in [0.4, 0.5) is 0 Å². The molecule has 0 N–H and O–H groups in total. The first-order valence-corrected chi connectivity index (χ1v) is 12.7. The van der Waals surface area contributed by atoms with E-state index < -0.39 is 35.0 Å². The number of fused-ring (bicyclic) bond motifs is 2. The van der Waals surface area contributed by atoms with Gasteiger partial charge in [-0.1, -0.05) is 108 Å². The highest BCUT2D eigenvalue weighted by Gasteiger charge is 2.25. The van der Waals surface area contributed by atoms with Gasteiger partial charge in [-0.25, -0.2) is 0 Å². The largest absolute Gasteiger partial charge is 0.313 e. The van der Waals surface area contributed by atoms with Gasteiger partial charge in [0.1, 0.15) is 0 Å². The van der Waals surface area contributed by atoms with Crippen LogP contribution in [0.3, 0.4) is 0 Å². The number of aromatic nitrogens is 2. The van der Waals surface area contributed by atoms with Gasteiger partial charge in [0.25, 0.3) is 0 Å². The van der Waals surface area contributed by atoms with E-state index in [1.54, 1.807) is 15.2 Å². The minimum absolute atomic E-state index is 0.000480. The lowest BCUT2D eigenvalue weighted by Gasteiger charge is -2.25. The molecule has 4 aromatic carbocycles.